The molecular weight excluding hydrogens is 336 g/mol. The van der Waals surface area contributed by atoms with Crippen LogP contribution in [0.2, 0.25) is 0 Å². The Morgan fingerprint density at radius 2 is 1.88 bits per heavy atom. The Kier molecular flexibility index (Phi) is 7.87. The SMILES string of the molecule is CCOC(=O)c1ccc(OCC(O)CN2CCCN(C(C)=O)CC2)cc1. The maximum atomic E-state index is 11.6. The Bertz CT molecular complexity index is 590. The number of ether oxygens (including phenoxy) is 2. The predicted molar refractivity (Wildman–Crippen MR) is 97.2 cm³/mol. The van der Waals surface area contributed by atoms with E-state index in [2.05, 4.69) is 4.90 Å². The van der Waals surface area contributed by atoms with Crippen LogP contribution in [0.25, 0.3) is 0 Å². The number of β-amino-alcohol motifs (C(OH)–C–C–N with tert-alkyl or cyclic N) is 1. The molecule has 7 nitrogen and oxygen atoms in total. The van der Waals surface area contributed by atoms with Gasteiger partial charge in [-0.15, -0.1) is 0 Å². The number of esters is 1. The molecule has 0 spiro atoms. The van der Waals surface area contributed by atoms with Crippen molar-refractivity contribution in [1.82, 2.24) is 9.80 Å². The second-order valence-electron chi connectivity index (χ2n) is 6.37. The molecule has 1 heterocycles. The summed E-state index contributed by atoms with van der Waals surface area (Å²) in [6.45, 7) is 7.44. The van der Waals surface area contributed by atoms with Crippen LogP contribution in [0.15, 0.2) is 24.3 Å². The maximum absolute atomic E-state index is 11.6. The lowest BCUT2D eigenvalue weighted by Crippen LogP contribution is -2.38. The molecule has 26 heavy (non-hydrogen) atoms. The summed E-state index contributed by atoms with van der Waals surface area (Å²) in [5, 5.41) is 10.2. The van der Waals surface area contributed by atoms with Crippen LogP contribution in [0.1, 0.15) is 30.6 Å². The zero-order valence-electron chi connectivity index (χ0n) is 15.5. The van der Waals surface area contributed by atoms with Gasteiger partial charge in [0.1, 0.15) is 18.5 Å². The van der Waals surface area contributed by atoms with E-state index in [1.807, 2.05) is 4.90 Å². The minimum absolute atomic E-state index is 0.0991. The maximum Gasteiger partial charge on any atom is 0.338 e. The largest absolute Gasteiger partial charge is 0.491 e. The lowest BCUT2D eigenvalue weighted by atomic mass is 10.2. The summed E-state index contributed by atoms with van der Waals surface area (Å²) in [6, 6.07) is 6.67. The molecule has 2 rings (SSSR count). The normalized spacial score (nSPS) is 16.7. The molecule has 144 valence electrons. The van der Waals surface area contributed by atoms with Crippen LogP contribution in [-0.2, 0) is 9.53 Å². The first-order valence-corrected chi connectivity index (χ1v) is 9.05. The molecule has 0 saturated carbocycles. The first-order valence-electron chi connectivity index (χ1n) is 9.05. The van der Waals surface area contributed by atoms with Gasteiger partial charge in [0, 0.05) is 33.1 Å². The highest BCUT2D eigenvalue weighted by Gasteiger charge is 2.19. The third-order valence-electron chi connectivity index (χ3n) is 4.31. The number of rotatable bonds is 7. The molecule has 7 heteroatoms. The summed E-state index contributed by atoms with van der Waals surface area (Å²) < 4.78 is 10.5. The summed E-state index contributed by atoms with van der Waals surface area (Å²) in [4.78, 5) is 27.0. The van der Waals surface area contributed by atoms with Crippen molar-refractivity contribution in [2.75, 3.05) is 45.9 Å². The second-order valence-corrected chi connectivity index (χ2v) is 6.37. The molecule has 0 radical (unpaired) electrons. The number of aliphatic hydroxyl groups is 1. The second kappa shape index (κ2) is 10.1. The summed E-state index contributed by atoms with van der Waals surface area (Å²) >= 11 is 0. The summed E-state index contributed by atoms with van der Waals surface area (Å²) in [5.74, 6) is 0.331. The fourth-order valence-corrected chi connectivity index (χ4v) is 2.91. The van der Waals surface area contributed by atoms with Crippen LogP contribution in [-0.4, -0.2) is 78.8 Å². The molecule has 1 amide bonds. The molecule has 0 aliphatic carbocycles. The van der Waals surface area contributed by atoms with Crippen molar-refractivity contribution in [2.45, 2.75) is 26.4 Å². The molecule has 0 bridgehead atoms. The number of nitrogens with zero attached hydrogens (tertiary/aromatic N) is 2. The van der Waals surface area contributed by atoms with Gasteiger partial charge in [-0.1, -0.05) is 0 Å². The Hall–Kier alpha value is -2.12. The average molecular weight is 364 g/mol. The average Bonchev–Trinajstić information content (AvgIpc) is 2.86. The van der Waals surface area contributed by atoms with Crippen molar-refractivity contribution in [2.24, 2.45) is 0 Å². The molecule has 1 aromatic carbocycles. The van der Waals surface area contributed by atoms with E-state index in [9.17, 15) is 14.7 Å². The van der Waals surface area contributed by atoms with E-state index in [4.69, 9.17) is 9.47 Å². The number of hydrogen-bond donors (Lipinski definition) is 1. The topological polar surface area (TPSA) is 79.3 Å². The van der Waals surface area contributed by atoms with Crippen molar-refractivity contribution in [3.05, 3.63) is 29.8 Å². The third kappa shape index (κ3) is 6.31. The minimum Gasteiger partial charge on any atom is -0.491 e. The lowest BCUT2D eigenvalue weighted by Gasteiger charge is -2.23. The first-order chi connectivity index (χ1) is 12.5. The summed E-state index contributed by atoms with van der Waals surface area (Å²) in [7, 11) is 0. The fourth-order valence-electron chi connectivity index (χ4n) is 2.91. The van der Waals surface area contributed by atoms with Gasteiger partial charge in [-0.3, -0.25) is 9.69 Å². The van der Waals surface area contributed by atoms with Crippen LogP contribution in [0.4, 0.5) is 0 Å². The van der Waals surface area contributed by atoms with Gasteiger partial charge in [0.15, 0.2) is 0 Å². The fraction of sp³-hybridized carbons (Fsp3) is 0.579. The first kappa shape index (κ1) is 20.2. The highest BCUT2D eigenvalue weighted by atomic mass is 16.5. The van der Waals surface area contributed by atoms with Crippen LogP contribution < -0.4 is 4.74 Å². The van der Waals surface area contributed by atoms with E-state index in [1.165, 1.54) is 0 Å². The number of carbonyl (C=O) groups is 2. The Morgan fingerprint density at radius 3 is 2.54 bits per heavy atom. The Balaban J connectivity index is 1.75. The summed E-state index contributed by atoms with van der Waals surface area (Å²) in [5.41, 5.74) is 0.472. The van der Waals surface area contributed by atoms with Gasteiger partial charge in [0.2, 0.25) is 5.91 Å². The predicted octanol–water partition coefficient (Wildman–Crippen LogP) is 1.16. The molecule has 1 aliphatic rings. The molecule has 0 aromatic heterocycles. The van der Waals surface area contributed by atoms with E-state index in [-0.39, 0.29) is 18.5 Å². The molecule has 1 aliphatic heterocycles. The molecule has 1 unspecified atom stereocenters. The molecule has 1 saturated heterocycles. The lowest BCUT2D eigenvalue weighted by molar-refractivity contribution is -0.128. The van der Waals surface area contributed by atoms with E-state index >= 15 is 0 Å². The van der Waals surface area contributed by atoms with Gasteiger partial charge < -0.3 is 19.5 Å². The monoisotopic (exact) mass is 364 g/mol. The number of amides is 1. The van der Waals surface area contributed by atoms with Crippen molar-refractivity contribution < 1.29 is 24.2 Å². The molecule has 1 aromatic rings. The van der Waals surface area contributed by atoms with Gasteiger partial charge in [0.25, 0.3) is 0 Å². The van der Waals surface area contributed by atoms with Crippen LogP contribution in [0, 0.1) is 0 Å². The van der Waals surface area contributed by atoms with Gasteiger partial charge in [0.05, 0.1) is 12.2 Å². The Morgan fingerprint density at radius 1 is 1.15 bits per heavy atom. The van der Waals surface area contributed by atoms with Gasteiger partial charge in [-0.2, -0.15) is 0 Å². The molecule has 1 atom stereocenters. The van der Waals surface area contributed by atoms with E-state index in [0.717, 1.165) is 26.1 Å². The van der Waals surface area contributed by atoms with Gasteiger partial charge in [-0.05, 0) is 44.2 Å². The van der Waals surface area contributed by atoms with Crippen molar-refractivity contribution in [3.63, 3.8) is 0 Å². The number of benzene rings is 1. The smallest absolute Gasteiger partial charge is 0.338 e. The molecule has 1 N–H and O–H groups in total. The standard InChI is InChI=1S/C19H28N2O5/c1-3-25-19(24)16-5-7-18(8-6-16)26-14-17(23)13-20-9-4-10-21(12-11-20)15(2)22/h5-8,17,23H,3-4,9-14H2,1-2H3. The van der Waals surface area contributed by atoms with Gasteiger partial charge in [-0.25, -0.2) is 4.79 Å². The molecule has 1 fully saturated rings. The van der Waals surface area contributed by atoms with E-state index in [0.29, 0.717) is 31.0 Å². The van der Waals surface area contributed by atoms with E-state index < -0.39 is 6.10 Å². The number of hydrogen-bond acceptors (Lipinski definition) is 6. The summed E-state index contributed by atoms with van der Waals surface area (Å²) in [6.07, 6.45) is 0.284. The van der Waals surface area contributed by atoms with Gasteiger partial charge >= 0.3 is 5.97 Å². The minimum atomic E-state index is -0.622. The highest BCUT2D eigenvalue weighted by Crippen LogP contribution is 2.14. The zero-order chi connectivity index (χ0) is 18.9. The number of carbonyl (C=O) groups excluding carboxylic acids is 2. The van der Waals surface area contributed by atoms with Crippen LogP contribution in [0.5, 0.6) is 5.75 Å². The highest BCUT2D eigenvalue weighted by molar-refractivity contribution is 5.89. The Labute approximate surface area is 154 Å². The number of aliphatic hydroxyl groups excluding tert-OH is 1. The van der Waals surface area contributed by atoms with Crippen molar-refractivity contribution in [1.29, 1.82) is 0 Å². The zero-order valence-corrected chi connectivity index (χ0v) is 15.5. The third-order valence-corrected chi connectivity index (χ3v) is 4.31. The van der Waals surface area contributed by atoms with Crippen molar-refractivity contribution >= 4 is 11.9 Å². The quantitative estimate of drug-likeness (QED) is 0.732. The molecular formula is C19H28N2O5. The van der Waals surface area contributed by atoms with Crippen molar-refractivity contribution in [3.8, 4) is 5.75 Å². The van der Waals surface area contributed by atoms with Crippen LogP contribution in [0.3, 0.4) is 0 Å². The van der Waals surface area contributed by atoms with E-state index in [1.54, 1.807) is 38.1 Å². The van der Waals surface area contributed by atoms with Crippen LogP contribution >= 0.6 is 0 Å².